The van der Waals surface area contributed by atoms with E-state index in [9.17, 15) is 4.79 Å². The Labute approximate surface area is 148 Å². The molecule has 0 atom stereocenters. The van der Waals surface area contributed by atoms with Gasteiger partial charge in [-0.05, 0) is 26.2 Å². The Hall–Kier alpha value is -2.38. The number of nitrogens with two attached hydrogens (primary N) is 1. The minimum atomic E-state index is -0.250. The van der Waals surface area contributed by atoms with Crippen LogP contribution in [0.4, 0.5) is 11.8 Å². The second kappa shape index (κ2) is 8.64. The molecule has 1 aromatic heterocycles. The lowest BCUT2D eigenvalue weighted by atomic mass is 9.84. The van der Waals surface area contributed by atoms with Crippen LogP contribution in [-0.2, 0) is 16.0 Å². The van der Waals surface area contributed by atoms with Gasteiger partial charge >= 0.3 is 0 Å². The summed E-state index contributed by atoms with van der Waals surface area (Å²) in [4.78, 5) is 33.6. The molecular formula is C17H27N5O3. The second-order valence-corrected chi connectivity index (χ2v) is 6.38. The lowest BCUT2D eigenvalue weighted by Gasteiger charge is -2.39. The quantitative estimate of drug-likeness (QED) is 0.785. The first-order valence-electron chi connectivity index (χ1n) is 8.76. The van der Waals surface area contributed by atoms with E-state index in [-0.39, 0.29) is 12.4 Å². The number of aromatic nitrogens is 2. The Kier molecular flexibility index (Phi) is 6.55. The molecule has 1 saturated carbocycles. The van der Waals surface area contributed by atoms with Crippen molar-refractivity contribution in [1.29, 1.82) is 0 Å². The van der Waals surface area contributed by atoms with Crippen LogP contribution in [-0.4, -0.2) is 58.5 Å². The van der Waals surface area contributed by atoms with Crippen LogP contribution in [0.5, 0.6) is 0 Å². The molecule has 1 saturated heterocycles. The Morgan fingerprint density at radius 2 is 1.88 bits per heavy atom. The van der Waals surface area contributed by atoms with Gasteiger partial charge in [0, 0.05) is 37.7 Å². The Morgan fingerprint density at radius 3 is 2.36 bits per heavy atom. The third-order valence-corrected chi connectivity index (χ3v) is 4.92. The molecule has 25 heavy (non-hydrogen) atoms. The summed E-state index contributed by atoms with van der Waals surface area (Å²) in [5.41, 5.74) is 7.95. The highest BCUT2D eigenvalue weighted by Crippen LogP contribution is 2.29. The summed E-state index contributed by atoms with van der Waals surface area (Å²) in [7, 11) is 0. The highest BCUT2D eigenvalue weighted by Gasteiger charge is 2.31. The zero-order chi connectivity index (χ0) is 18.4. The van der Waals surface area contributed by atoms with Crippen LogP contribution in [0.15, 0.2) is 0 Å². The molecule has 8 heteroatoms. The molecule has 1 aliphatic carbocycles. The van der Waals surface area contributed by atoms with E-state index in [0.29, 0.717) is 11.9 Å². The number of amides is 1. The maximum absolute atomic E-state index is 12.3. The smallest absolute Gasteiger partial charge is 0.290 e. The zero-order valence-corrected chi connectivity index (χ0v) is 14.9. The third kappa shape index (κ3) is 4.37. The van der Waals surface area contributed by atoms with E-state index in [4.69, 9.17) is 15.6 Å². The van der Waals surface area contributed by atoms with Crippen molar-refractivity contribution in [1.82, 2.24) is 14.9 Å². The molecular weight excluding hydrogens is 322 g/mol. The molecule has 3 N–H and O–H groups in total. The molecule has 2 fully saturated rings. The van der Waals surface area contributed by atoms with Crippen molar-refractivity contribution in [2.45, 2.75) is 39.5 Å². The minimum Gasteiger partial charge on any atom is -0.483 e. The van der Waals surface area contributed by atoms with E-state index < -0.39 is 0 Å². The molecule has 2 heterocycles. The monoisotopic (exact) mass is 349 g/mol. The fourth-order valence-corrected chi connectivity index (χ4v) is 3.27. The number of rotatable bonds is 3. The number of carbonyl (C=O) groups is 2. The van der Waals surface area contributed by atoms with Crippen molar-refractivity contribution < 1.29 is 14.7 Å². The van der Waals surface area contributed by atoms with Gasteiger partial charge in [0.1, 0.15) is 5.82 Å². The second-order valence-electron chi connectivity index (χ2n) is 6.38. The lowest BCUT2D eigenvalue weighted by Crippen LogP contribution is -2.51. The summed E-state index contributed by atoms with van der Waals surface area (Å²) in [6.45, 7) is 7.07. The number of aryl methyl sites for hydroxylation is 1. The van der Waals surface area contributed by atoms with Crippen LogP contribution in [0.25, 0.3) is 0 Å². The molecule has 0 unspecified atom stereocenters. The van der Waals surface area contributed by atoms with E-state index >= 15 is 0 Å². The first kappa shape index (κ1) is 19.0. The van der Waals surface area contributed by atoms with Crippen LogP contribution in [0, 0.1) is 12.8 Å². The van der Waals surface area contributed by atoms with E-state index in [2.05, 4.69) is 28.7 Å². The van der Waals surface area contributed by atoms with Gasteiger partial charge in [0.05, 0.1) is 5.69 Å². The number of nitrogens with zero attached hydrogens (tertiary/aromatic N) is 4. The van der Waals surface area contributed by atoms with Gasteiger partial charge in [-0.3, -0.25) is 9.59 Å². The molecule has 1 aliphatic heterocycles. The molecule has 3 rings (SSSR count). The van der Waals surface area contributed by atoms with Crippen molar-refractivity contribution >= 4 is 24.1 Å². The zero-order valence-electron chi connectivity index (χ0n) is 14.9. The van der Waals surface area contributed by atoms with Gasteiger partial charge in [-0.25, -0.2) is 4.98 Å². The molecule has 0 bridgehead atoms. The first-order chi connectivity index (χ1) is 12.0. The summed E-state index contributed by atoms with van der Waals surface area (Å²) in [5, 5.41) is 6.89. The van der Waals surface area contributed by atoms with Crippen molar-refractivity contribution in [3.8, 4) is 0 Å². The van der Waals surface area contributed by atoms with Crippen LogP contribution < -0.4 is 10.6 Å². The molecule has 1 aromatic rings. The third-order valence-electron chi connectivity index (χ3n) is 4.92. The molecule has 8 nitrogen and oxygen atoms in total. The maximum atomic E-state index is 12.3. The van der Waals surface area contributed by atoms with Gasteiger partial charge in [-0.15, -0.1) is 0 Å². The standard InChI is InChI=1S/C16H25N5O.CH2O2/c1-3-13-11(2)14(19-16(17)18-13)20-7-9-21(10-8-20)15(22)12-5-4-6-12;2-1-3/h12H,3-10H2,1-2H3,(H2,17,18,19);1H,(H,2,3). The summed E-state index contributed by atoms with van der Waals surface area (Å²) < 4.78 is 0. The summed E-state index contributed by atoms with van der Waals surface area (Å²) in [6.07, 6.45) is 4.20. The average Bonchev–Trinajstić information content (AvgIpc) is 2.56. The number of hydrogen-bond donors (Lipinski definition) is 2. The number of nitrogen functional groups attached to an aromatic ring is 1. The fourth-order valence-electron chi connectivity index (χ4n) is 3.27. The number of hydrogen-bond acceptors (Lipinski definition) is 6. The number of carbonyl (C=O) groups excluding carboxylic acids is 1. The fraction of sp³-hybridized carbons (Fsp3) is 0.647. The lowest BCUT2D eigenvalue weighted by molar-refractivity contribution is -0.138. The van der Waals surface area contributed by atoms with Gasteiger partial charge in [-0.2, -0.15) is 4.98 Å². The minimum absolute atomic E-state index is 0.250. The maximum Gasteiger partial charge on any atom is 0.290 e. The predicted molar refractivity (Wildman–Crippen MR) is 95.4 cm³/mol. The Bertz CT molecular complexity index is 611. The van der Waals surface area contributed by atoms with Crippen LogP contribution in [0.1, 0.15) is 37.4 Å². The number of anilines is 2. The number of carboxylic acid groups (broad SMARTS) is 1. The van der Waals surface area contributed by atoms with E-state index in [1.54, 1.807) is 0 Å². The van der Waals surface area contributed by atoms with Crippen molar-refractivity contribution in [3.05, 3.63) is 11.3 Å². The van der Waals surface area contributed by atoms with E-state index in [0.717, 1.165) is 62.5 Å². The van der Waals surface area contributed by atoms with Gasteiger partial charge < -0.3 is 20.6 Å². The normalized spacial score (nSPS) is 17.4. The molecule has 0 radical (unpaired) electrons. The van der Waals surface area contributed by atoms with Gasteiger partial charge in [-0.1, -0.05) is 13.3 Å². The van der Waals surface area contributed by atoms with Gasteiger partial charge in [0.2, 0.25) is 11.9 Å². The largest absolute Gasteiger partial charge is 0.483 e. The van der Waals surface area contributed by atoms with Crippen molar-refractivity contribution in [2.75, 3.05) is 36.8 Å². The molecule has 0 aromatic carbocycles. The highest BCUT2D eigenvalue weighted by atomic mass is 16.3. The summed E-state index contributed by atoms with van der Waals surface area (Å²) in [5.74, 6) is 1.90. The Morgan fingerprint density at radius 1 is 1.28 bits per heavy atom. The highest BCUT2D eigenvalue weighted by molar-refractivity contribution is 5.79. The SMILES string of the molecule is CCc1nc(N)nc(N2CCN(C(=O)C3CCC3)CC2)c1C.O=CO. The first-order valence-corrected chi connectivity index (χ1v) is 8.76. The summed E-state index contributed by atoms with van der Waals surface area (Å²) >= 11 is 0. The van der Waals surface area contributed by atoms with Crippen LogP contribution in [0.2, 0.25) is 0 Å². The number of piperazine rings is 1. The molecule has 138 valence electrons. The van der Waals surface area contributed by atoms with Crippen molar-refractivity contribution in [2.24, 2.45) is 5.92 Å². The van der Waals surface area contributed by atoms with E-state index in [1.807, 2.05) is 4.90 Å². The topological polar surface area (TPSA) is 113 Å². The predicted octanol–water partition coefficient (Wildman–Crippen LogP) is 1.08. The molecule has 1 amide bonds. The van der Waals surface area contributed by atoms with Crippen LogP contribution in [0.3, 0.4) is 0 Å². The van der Waals surface area contributed by atoms with Gasteiger partial charge in [0.15, 0.2) is 0 Å². The molecule has 2 aliphatic rings. The van der Waals surface area contributed by atoms with Crippen LogP contribution >= 0.6 is 0 Å². The molecule has 0 spiro atoms. The Balaban J connectivity index is 0.000000701. The van der Waals surface area contributed by atoms with E-state index in [1.165, 1.54) is 6.42 Å². The van der Waals surface area contributed by atoms with Crippen molar-refractivity contribution in [3.63, 3.8) is 0 Å². The van der Waals surface area contributed by atoms with Gasteiger partial charge in [0.25, 0.3) is 6.47 Å². The average molecular weight is 349 g/mol. The summed E-state index contributed by atoms with van der Waals surface area (Å²) in [6, 6.07) is 0.